The van der Waals surface area contributed by atoms with E-state index in [-0.39, 0.29) is 5.91 Å². The van der Waals surface area contributed by atoms with E-state index < -0.39 is 0 Å². The number of rotatable bonds is 5. The number of aromatic nitrogens is 3. The number of methoxy groups -OCH3 is 1. The van der Waals surface area contributed by atoms with Crippen LogP contribution < -0.4 is 10.1 Å². The number of amides is 1. The number of pyridine rings is 1. The average molecular weight is 365 g/mol. The lowest BCUT2D eigenvalue weighted by molar-refractivity contribution is -0.117. The number of hydrogen-bond donors (Lipinski definition) is 1. The molecule has 1 N–H and O–H groups in total. The molecule has 1 aliphatic heterocycles. The van der Waals surface area contributed by atoms with Crippen molar-refractivity contribution < 1.29 is 9.53 Å². The monoisotopic (exact) mass is 365 g/mol. The van der Waals surface area contributed by atoms with Crippen LogP contribution in [0.1, 0.15) is 24.6 Å². The number of anilines is 1. The molecule has 1 saturated heterocycles. The van der Waals surface area contributed by atoms with E-state index >= 15 is 0 Å². The summed E-state index contributed by atoms with van der Waals surface area (Å²) in [7, 11) is 1.61. The summed E-state index contributed by atoms with van der Waals surface area (Å²) in [4.78, 5) is 14.5. The van der Waals surface area contributed by atoms with Crippen LogP contribution in [0.4, 0.5) is 5.69 Å². The van der Waals surface area contributed by atoms with Gasteiger partial charge in [0.1, 0.15) is 11.6 Å². The van der Waals surface area contributed by atoms with Gasteiger partial charge in [0.05, 0.1) is 13.7 Å². The third-order valence-corrected chi connectivity index (χ3v) is 5.01. The first kappa shape index (κ1) is 17.5. The molecule has 0 spiro atoms. The van der Waals surface area contributed by atoms with E-state index in [2.05, 4.69) is 24.8 Å². The molecule has 3 heterocycles. The molecule has 2 aromatic heterocycles. The molecule has 0 unspecified atom stereocenters. The van der Waals surface area contributed by atoms with Crippen molar-refractivity contribution in [3.05, 3.63) is 54.5 Å². The second-order valence-corrected chi connectivity index (χ2v) is 6.82. The minimum Gasteiger partial charge on any atom is -0.497 e. The summed E-state index contributed by atoms with van der Waals surface area (Å²) in [5.41, 5.74) is 1.64. The van der Waals surface area contributed by atoms with Gasteiger partial charge in [0.2, 0.25) is 5.91 Å². The molecule has 7 nitrogen and oxygen atoms in total. The zero-order chi connectivity index (χ0) is 18.6. The maximum Gasteiger partial charge on any atom is 0.238 e. The molecule has 3 aromatic rings. The molecule has 1 aromatic carbocycles. The van der Waals surface area contributed by atoms with Crippen molar-refractivity contribution in [1.82, 2.24) is 19.5 Å². The molecule has 7 heteroatoms. The number of ether oxygens (including phenoxy) is 1. The van der Waals surface area contributed by atoms with Gasteiger partial charge in [-0.25, -0.2) is 0 Å². The summed E-state index contributed by atoms with van der Waals surface area (Å²) in [6, 6.07) is 13.3. The van der Waals surface area contributed by atoms with Crippen LogP contribution in [0, 0.1) is 0 Å². The zero-order valence-electron chi connectivity index (χ0n) is 15.3. The van der Waals surface area contributed by atoms with Crippen LogP contribution in [0.25, 0.3) is 5.65 Å². The van der Waals surface area contributed by atoms with E-state index in [1.165, 1.54) is 0 Å². The number of piperidine rings is 1. The van der Waals surface area contributed by atoms with Crippen molar-refractivity contribution in [3.63, 3.8) is 0 Å². The minimum absolute atomic E-state index is 0.00497. The van der Waals surface area contributed by atoms with Gasteiger partial charge < -0.3 is 10.1 Å². The number of hydrogen-bond acceptors (Lipinski definition) is 5. The standard InChI is InChI=1S/C20H23N5O2/c1-27-17-6-4-5-16(13-17)21-19(26)14-24-11-8-15(9-12-24)20-23-22-18-7-2-3-10-25(18)20/h2-7,10,13,15H,8-9,11-12,14H2,1H3,(H,21,26). The second kappa shape index (κ2) is 7.75. The Morgan fingerprint density at radius 3 is 2.85 bits per heavy atom. The quantitative estimate of drug-likeness (QED) is 0.752. The molecule has 1 aliphatic rings. The van der Waals surface area contributed by atoms with Crippen molar-refractivity contribution >= 4 is 17.2 Å². The maximum absolute atomic E-state index is 12.3. The Labute approximate surface area is 158 Å². The maximum atomic E-state index is 12.3. The van der Waals surface area contributed by atoms with Crippen LogP contribution in [0.2, 0.25) is 0 Å². The Morgan fingerprint density at radius 2 is 2.04 bits per heavy atom. The third-order valence-electron chi connectivity index (χ3n) is 5.01. The van der Waals surface area contributed by atoms with Gasteiger partial charge >= 0.3 is 0 Å². The Balaban J connectivity index is 1.32. The second-order valence-electron chi connectivity index (χ2n) is 6.82. The van der Waals surface area contributed by atoms with E-state index in [9.17, 15) is 4.79 Å². The average Bonchev–Trinajstić information content (AvgIpc) is 3.13. The number of nitrogens with one attached hydrogen (secondary N) is 1. The minimum atomic E-state index is -0.00497. The van der Waals surface area contributed by atoms with E-state index in [4.69, 9.17) is 4.74 Å². The summed E-state index contributed by atoms with van der Waals surface area (Å²) in [5, 5.41) is 11.6. The fraction of sp³-hybridized carbons (Fsp3) is 0.350. The highest BCUT2D eigenvalue weighted by atomic mass is 16.5. The molecule has 4 rings (SSSR count). The molecule has 0 bridgehead atoms. The van der Waals surface area contributed by atoms with Crippen LogP contribution in [0.5, 0.6) is 5.75 Å². The Morgan fingerprint density at radius 1 is 1.19 bits per heavy atom. The predicted octanol–water partition coefficient (Wildman–Crippen LogP) is 2.56. The molecule has 1 amide bonds. The Hall–Kier alpha value is -2.93. The van der Waals surface area contributed by atoms with Crippen LogP contribution in [-0.2, 0) is 4.79 Å². The summed E-state index contributed by atoms with van der Waals surface area (Å²) < 4.78 is 7.25. The summed E-state index contributed by atoms with van der Waals surface area (Å²) >= 11 is 0. The smallest absolute Gasteiger partial charge is 0.238 e. The Kier molecular flexibility index (Phi) is 5.02. The third kappa shape index (κ3) is 3.93. The van der Waals surface area contributed by atoms with E-state index in [1.807, 2.05) is 48.7 Å². The zero-order valence-corrected chi connectivity index (χ0v) is 15.3. The normalized spacial score (nSPS) is 15.7. The van der Waals surface area contributed by atoms with Crippen molar-refractivity contribution in [3.8, 4) is 5.75 Å². The predicted molar refractivity (Wildman–Crippen MR) is 103 cm³/mol. The summed E-state index contributed by atoms with van der Waals surface area (Å²) in [6.07, 6.45) is 3.96. The Bertz CT molecular complexity index is 931. The molecule has 140 valence electrons. The first-order chi connectivity index (χ1) is 13.2. The van der Waals surface area contributed by atoms with Gasteiger partial charge in [0, 0.05) is 23.9 Å². The van der Waals surface area contributed by atoms with E-state index in [1.54, 1.807) is 7.11 Å². The molecule has 0 radical (unpaired) electrons. The number of nitrogens with zero attached hydrogens (tertiary/aromatic N) is 4. The largest absolute Gasteiger partial charge is 0.497 e. The molecule has 27 heavy (non-hydrogen) atoms. The lowest BCUT2D eigenvalue weighted by Crippen LogP contribution is -2.39. The molecular weight excluding hydrogens is 342 g/mol. The summed E-state index contributed by atoms with van der Waals surface area (Å²) in [6.45, 7) is 2.14. The van der Waals surface area contributed by atoms with Crippen molar-refractivity contribution in [1.29, 1.82) is 0 Å². The van der Waals surface area contributed by atoms with Crippen molar-refractivity contribution in [2.24, 2.45) is 0 Å². The molecule has 0 atom stereocenters. The van der Waals surface area contributed by atoms with Gasteiger partial charge in [-0.3, -0.25) is 14.1 Å². The number of fused-ring (bicyclic) bond motifs is 1. The first-order valence-corrected chi connectivity index (χ1v) is 9.19. The SMILES string of the molecule is COc1cccc(NC(=O)CN2CCC(c3nnc4ccccn34)CC2)c1. The number of benzene rings is 1. The summed E-state index contributed by atoms with van der Waals surface area (Å²) in [5.74, 6) is 2.12. The van der Waals surface area contributed by atoms with Crippen LogP contribution in [-0.4, -0.2) is 52.1 Å². The molecule has 0 aliphatic carbocycles. The van der Waals surface area contributed by atoms with E-state index in [0.717, 1.165) is 48.8 Å². The van der Waals surface area contributed by atoms with Crippen molar-refractivity contribution in [2.75, 3.05) is 32.1 Å². The van der Waals surface area contributed by atoms with Crippen LogP contribution >= 0.6 is 0 Å². The van der Waals surface area contributed by atoms with Crippen LogP contribution in [0.15, 0.2) is 48.7 Å². The van der Waals surface area contributed by atoms with Crippen molar-refractivity contribution in [2.45, 2.75) is 18.8 Å². The fourth-order valence-corrected chi connectivity index (χ4v) is 3.59. The fourth-order valence-electron chi connectivity index (χ4n) is 3.59. The van der Waals surface area contributed by atoms with Gasteiger partial charge in [-0.05, 0) is 50.2 Å². The van der Waals surface area contributed by atoms with Gasteiger partial charge in [-0.15, -0.1) is 10.2 Å². The van der Waals surface area contributed by atoms with Gasteiger partial charge in [0.15, 0.2) is 5.65 Å². The van der Waals surface area contributed by atoms with E-state index in [0.29, 0.717) is 12.5 Å². The molecule has 0 saturated carbocycles. The van der Waals surface area contributed by atoms with Gasteiger partial charge in [-0.1, -0.05) is 12.1 Å². The highest BCUT2D eigenvalue weighted by Crippen LogP contribution is 2.27. The van der Waals surface area contributed by atoms with Gasteiger partial charge in [0.25, 0.3) is 0 Å². The molecule has 1 fully saturated rings. The van der Waals surface area contributed by atoms with Crippen LogP contribution in [0.3, 0.4) is 0 Å². The topological polar surface area (TPSA) is 71.8 Å². The number of carbonyl (C=O) groups is 1. The highest BCUT2D eigenvalue weighted by molar-refractivity contribution is 5.92. The lowest BCUT2D eigenvalue weighted by atomic mass is 9.96. The number of carbonyl (C=O) groups excluding carboxylic acids is 1. The molecular formula is C20H23N5O2. The first-order valence-electron chi connectivity index (χ1n) is 9.19. The van der Waals surface area contributed by atoms with Gasteiger partial charge in [-0.2, -0.15) is 0 Å². The number of likely N-dealkylation sites (tertiary alicyclic amines) is 1. The highest BCUT2D eigenvalue weighted by Gasteiger charge is 2.25. The lowest BCUT2D eigenvalue weighted by Gasteiger charge is -2.30.